The van der Waals surface area contributed by atoms with Crippen LogP contribution in [0, 0.1) is 0 Å². The van der Waals surface area contributed by atoms with Gasteiger partial charge in [-0.1, -0.05) is 6.07 Å². The summed E-state index contributed by atoms with van der Waals surface area (Å²) < 4.78 is 5.67. The molecule has 0 aliphatic carbocycles. The molecule has 0 aliphatic rings. The van der Waals surface area contributed by atoms with Crippen molar-refractivity contribution in [3.8, 4) is 0 Å². The molecule has 0 unspecified atom stereocenters. The lowest BCUT2D eigenvalue weighted by Crippen LogP contribution is -2.30. The van der Waals surface area contributed by atoms with Crippen LogP contribution in [-0.2, 0) is 9.53 Å². The number of thiophene rings is 1. The summed E-state index contributed by atoms with van der Waals surface area (Å²) in [7, 11) is 0. The molecular formula is C13H13BrN2O3S. The monoisotopic (exact) mass is 356 g/mol. The van der Waals surface area contributed by atoms with E-state index in [1.807, 2.05) is 24.4 Å². The van der Waals surface area contributed by atoms with Crippen LogP contribution in [0.4, 0.5) is 0 Å². The van der Waals surface area contributed by atoms with Crippen LogP contribution in [0.5, 0.6) is 0 Å². The molecule has 2 N–H and O–H groups in total. The summed E-state index contributed by atoms with van der Waals surface area (Å²) in [6.45, 7) is 1.58. The third-order valence-electron chi connectivity index (χ3n) is 2.55. The van der Waals surface area contributed by atoms with E-state index in [1.54, 1.807) is 23.6 Å². The molecule has 1 amide bonds. The summed E-state index contributed by atoms with van der Waals surface area (Å²) in [5, 5.41) is 4.71. The van der Waals surface area contributed by atoms with Gasteiger partial charge >= 0.3 is 5.97 Å². The zero-order valence-electron chi connectivity index (χ0n) is 10.7. The fourth-order valence-electron chi connectivity index (χ4n) is 1.59. The van der Waals surface area contributed by atoms with Gasteiger partial charge in [0.25, 0.3) is 5.91 Å². The smallest absolute Gasteiger partial charge is 0.355 e. The van der Waals surface area contributed by atoms with Crippen LogP contribution in [-0.4, -0.2) is 23.5 Å². The first-order chi connectivity index (χ1) is 9.56. The first kappa shape index (κ1) is 14.8. The molecule has 0 bridgehead atoms. The highest BCUT2D eigenvalue weighted by atomic mass is 79.9. The summed E-state index contributed by atoms with van der Waals surface area (Å²) in [5.74, 6) is -0.889. The molecule has 1 atom stereocenters. The van der Waals surface area contributed by atoms with Crippen molar-refractivity contribution in [1.29, 1.82) is 0 Å². The number of aromatic nitrogens is 1. The normalized spacial score (nSPS) is 11.9. The summed E-state index contributed by atoms with van der Waals surface area (Å²) in [6, 6.07) is 5.36. The Kier molecular flexibility index (Phi) is 4.97. The predicted octanol–water partition coefficient (Wildman–Crippen LogP) is 2.87. The number of halogens is 1. The molecule has 0 saturated heterocycles. The lowest BCUT2D eigenvalue weighted by molar-refractivity contribution is -0.124. The number of ether oxygens (including phenoxy) is 1. The van der Waals surface area contributed by atoms with Crippen LogP contribution in [0.25, 0.3) is 0 Å². The number of amides is 1. The number of carbonyl (C=O) groups excluding carboxylic acids is 2. The van der Waals surface area contributed by atoms with Gasteiger partial charge in [0.05, 0.1) is 6.04 Å². The van der Waals surface area contributed by atoms with Gasteiger partial charge in [0.15, 0.2) is 6.61 Å². The van der Waals surface area contributed by atoms with Crippen LogP contribution in [0.1, 0.15) is 28.3 Å². The molecule has 20 heavy (non-hydrogen) atoms. The van der Waals surface area contributed by atoms with Crippen molar-refractivity contribution in [2.45, 2.75) is 13.0 Å². The van der Waals surface area contributed by atoms with Crippen LogP contribution in [0.2, 0.25) is 0 Å². The Balaban J connectivity index is 1.79. The third kappa shape index (κ3) is 3.94. The summed E-state index contributed by atoms with van der Waals surface area (Å²) in [4.78, 5) is 27.1. The maximum absolute atomic E-state index is 11.7. The third-order valence-corrected chi connectivity index (χ3v) is 4.06. The summed E-state index contributed by atoms with van der Waals surface area (Å²) in [5.41, 5.74) is 0.302. The second kappa shape index (κ2) is 6.71. The maximum atomic E-state index is 11.7. The van der Waals surface area contributed by atoms with E-state index in [2.05, 4.69) is 26.2 Å². The first-order valence-corrected chi connectivity index (χ1v) is 7.57. The van der Waals surface area contributed by atoms with Gasteiger partial charge < -0.3 is 15.0 Å². The van der Waals surface area contributed by atoms with E-state index in [9.17, 15) is 9.59 Å². The molecule has 0 aromatic carbocycles. The molecule has 0 spiro atoms. The minimum atomic E-state index is -0.561. The number of hydrogen-bond acceptors (Lipinski definition) is 4. The molecular weight excluding hydrogens is 344 g/mol. The summed E-state index contributed by atoms with van der Waals surface area (Å²) >= 11 is 4.78. The van der Waals surface area contributed by atoms with Gasteiger partial charge in [-0.2, -0.15) is 0 Å². The van der Waals surface area contributed by atoms with Crippen molar-refractivity contribution in [2.75, 3.05) is 6.61 Å². The molecule has 0 radical (unpaired) electrons. The molecule has 5 nitrogen and oxygen atoms in total. The van der Waals surface area contributed by atoms with E-state index in [1.165, 1.54) is 0 Å². The molecule has 2 aromatic rings. The fraction of sp³-hybridized carbons (Fsp3) is 0.231. The van der Waals surface area contributed by atoms with E-state index in [0.29, 0.717) is 5.69 Å². The Bertz CT molecular complexity index is 595. The Morgan fingerprint density at radius 2 is 2.35 bits per heavy atom. The van der Waals surface area contributed by atoms with Crippen molar-refractivity contribution in [3.63, 3.8) is 0 Å². The molecule has 106 valence electrons. The number of carbonyl (C=O) groups is 2. The van der Waals surface area contributed by atoms with Crippen LogP contribution in [0.3, 0.4) is 0 Å². The molecule has 0 aliphatic heterocycles. The summed E-state index contributed by atoms with van der Waals surface area (Å²) in [6.07, 6.45) is 1.62. The molecule has 7 heteroatoms. The van der Waals surface area contributed by atoms with Crippen molar-refractivity contribution in [1.82, 2.24) is 10.3 Å². The van der Waals surface area contributed by atoms with Gasteiger partial charge in [-0.05, 0) is 40.4 Å². The fourth-order valence-corrected chi connectivity index (χ4v) is 2.66. The lowest BCUT2D eigenvalue weighted by Gasteiger charge is -2.12. The number of hydrogen-bond donors (Lipinski definition) is 2. The minimum Gasteiger partial charge on any atom is -0.451 e. The van der Waals surface area contributed by atoms with Crippen molar-refractivity contribution in [2.24, 2.45) is 0 Å². The highest BCUT2D eigenvalue weighted by Gasteiger charge is 2.14. The van der Waals surface area contributed by atoms with Crippen LogP contribution < -0.4 is 5.32 Å². The first-order valence-electron chi connectivity index (χ1n) is 5.90. The van der Waals surface area contributed by atoms with Crippen molar-refractivity contribution in [3.05, 3.63) is 44.8 Å². The topological polar surface area (TPSA) is 71.2 Å². The van der Waals surface area contributed by atoms with Gasteiger partial charge in [0, 0.05) is 15.5 Å². The van der Waals surface area contributed by atoms with Crippen molar-refractivity contribution >= 4 is 39.1 Å². The SMILES string of the molecule is C[C@@H](NC(=O)COC(=O)c1cc(Br)c[nH]1)c1cccs1. The average Bonchev–Trinajstić information content (AvgIpc) is 3.06. The largest absolute Gasteiger partial charge is 0.451 e. The molecule has 0 saturated carbocycles. The Labute approximate surface area is 128 Å². The number of nitrogens with one attached hydrogen (secondary N) is 2. The predicted molar refractivity (Wildman–Crippen MR) is 79.7 cm³/mol. The zero-order chi connectivity index (χ0) is 14.5. The molecule has 2 aromatic heterocycles. The second-order valence-corrected chi connectivity index (χ2v) is 6.01. The van der Waals surface area contributed by atoms with Crippen LogP contribution in [0.15, 0.2) is 34.2 Å². The number of H-pyrrole nitrogens is 1. The van der Waals surface area contributed by atoms with E-state index >= 15 is 0 Å². The standard InChI is InChI=1S/C13H13BrN2O3S/c1-8(11-3-2-4-20-11)16-12(17)7-19-13(18)10-5-9(14)6-15-10/h2-6,8,15H,7H2,1H3,(H,16,17)/t8-/m1/s1. The number of esters is 1. The van der Waals surface area contributed by atoms with E-state index in [4.69, 9.17) is 4.74 Å². The Morgan fingerprint density at radius 3 is 2.95 bits per heavy atom. The van der Waals surface area contributed by atoms with E-state index in [-0.39, 0.29) is 18.6 Å². The zero-order valence-corrected chi connectivity index (χ0v) is 13.1. The Morgan fingerprint density at radius 1 is 1.55 bits per heavy atom. The van der Waals surface area contributed by atoms with E-state index < -0.39 is 5.97 Å². The van der Waals surface area contributed by atoms with Crippen LogP contribution >= 0.6 is 27.3 Å². The molecule has 2 rings (SSSR count). The number of aromatic amines is 1. The minimum absolute atomic E-state index is 0.0964. The van der Waals surface area contributed by atoms with Gasteiger partial charge in [-0.25, -0.2) is 4.79 Å². The van der Waals surface area contributed by atoms with Gasteiger partial charge in [-0.3, -0.25) is 4.79 Å². The lowest BCUT2D eigenvalue weighted by atomic mass is 10.3. The van der Waals surface area contributed by atoms with Gasteiger partial charge in [0.1, 0.15) is 5.69 Å². The van der Waals surface area contributed by atoms with E-state index in [0.717, 1.165) is 9.35 Å². The maximum Gasteiger partial charge on any atom is 0.355 e. The van der Waals surface area contributed by atoms with Gasteiger partial charge in [0.2, 0.25) is 0 Å². The molecule has 0 fully saturated rings. The second-order valence-electron chi connectivity index (χ2n) is 4.11. The van der Waals surface area contributed by atoms with Gasteiger partial charge in [-0.15, -0.1) is 11.3 Å². The molecule has 2 heterocycles. The highest BCUT2D eigenvalue weighted by Crippen LogP contribution is 2.17. The van der Waals surface area contributed by atoms with Crippen molar-refractivity contribution < 1.29 is 14.3 Å². The average molecular weight is 357 g/mol. The number of rotatable bonds is 5. The quantitative estimate of drug-likeness (QED) is 0.809. The highest BCUT2D eigenvalue weighted by molar-refractivity contribution is 9.10. The Hall–Kier alpha value is -1.60.